The molecular weight excluding hydrogens is 330 g/mol. The highest BCUT2D eigenvalue weighted by Crippen LogP contribution is 2.43. The molecule has 5 nitrogen and oxygen atoms in total. The summed E-state index contributed by atoms with van der Waals surface area (Å²) in [4.78, 5) is 24.5. The summed E-state index contributed by atoms with van der Waals surface area (Å²) >= 11 is 0. The Morgan fingerprint density at radius 2 is 1.96 bits per heavy atom. The number of allylic oxidation sites excluding steroid dienone is 2. The summed E-state index contributed by atoms with van der Waals surface area (Å²) < 4.78 is 10.6. The zero-order valence-electron chi connectivity index (χ0n) is 15.9. The van der Waals surface area contributed by atoms with Crippen LogP contribution in [-0.2, 0) is 19.7 Å². The Kier molecular flexibility index (Phi) is 5.08. The second-order valence-corrected chi connectivity index (χ2v) is 8.21. The van der Waals surface area contributed by atoms with Gasteiger partial charge in [-0.05, 0) is 47.8 Å². The van der Waals surface area contributed by atoms with Gasteiger partial charge in [0.05, 0.1) is 18.7 Å². The van der Waals surface area contributed by atoms with Crippen LogP contribution in [0.4, 0.5) is 5.69 Å². The van der Waals surface area contributed by atoms with E-state index in [2.05, 4.69) is 38.2 Å². The van der Waals surface area contributed by atoms with E-state index in [0.717, 1.165) is 18.4 Å². The molecule has 3 rings (SSSR count). The third-order valence-electron chi connectivity index (χ3n) is 5.27. The molecule has 1 aromatic carbocycles. The van der Waals surface area contributed by atoms with E-state index >= 15 is 0 Å². The predicted molar refractivity (Wildman–Crippen MR) is 100 cm³/mol. The van der Waals surface area contributed by atoms with Gasteiger partial charge in [0, 0.05) is 0 Å². The summed E-state index contributed by atoms with van der Waals surface area (Å²) in [7, 11) is 1.56. The Balaban J connectivity index is 1.59. The van der Waals surface area contributed by atoms with Crippen LogP contribution in [0.5, 0.6) is 5.75 Å². The summed E-state index contributed by atoms with van der Waals surface area (Å²) in [5, 5.41) is 2.80. The summed E-state index contributed by atoms with van der Waals surface area (Å²) in [6, 6.07) is 5.72. The fraction of sp³-hybridized carbons (Fsp3) is 0.524. The molecule has 0 spiro atoms. The van der Waals surface area contributed by atoms with Crippen LogP contribution in [0.1, 0.15) is 39.2 Å². The third-order valence-corrected chi connectivity index (χ3v) is 5.27. The molecule has 2 aliphatic carbocycles. The number of benzene rings is 1. The lowest BCUT2D eigenvalue weighted by Gasteiger charge is -2.21. The van der Waals surface area contributed by atoms with Crippen molar-refractivity contribution >= 4 is 17.6 Å². The number of methoxy groups -OCH3 is 1. The highest BCUT2D eigenvalue weighted by Gasteiger charge is 2.40. The maximum atomic E-state index is 12.3. The second kappa shape index (κ2) is 7.14. The van der Waals surface area contributed by atoms with E-state index in [0.29, 0.717) is 17.4 Å². The first kappa shape index (κ1) is 18.5. The third kappa shape index (κ3) is 3.92. The zero-order chi connectivity index (χ0) is 18.9. The molecule has 140 valence electrons. The van der Waals surface area contributed by atoms with E-state index in [-0.39, 0.29) is 35.7 Å². The Bertz CT molecular complexity index is 732. The first-order valence-corrected chi connectivity index (χ1v) is 9.11. The first-order chi connectivity index (χ1) is 12.3. The number of rotatable bonds is 5. The number of anilines is 1. The van der Waals surface area contributed by atoms with Crippen molar-refractivity contribution in [2.45, 2.75) is 39.0 Å². The quantitative estimate of drug-likeness (QED) is 0.645. The van der Waals surface area contributed by atoms with Crippen molar-refractivity contribution in [3.05, 3.63) is 35.9 Å². The number of amides is 1. The standard InChI is InChI=1S/C21H27NO4/c1-21(2,3)15-7-8-18(25-4)17(11-15)22-19(23)12-26-20(24)16-10-13-5-6-14(16)9-13/h5-8,11,13-14,16H,9-10,12H2,1-4H3,(H,22,23). The van der Waals surface area contributed by atoms with Gasteiger partial charge in [0.25, 0.3) is 5.91 Å². The van der Waals surface area contributed by atoms with Crippen molar-refractivity contribution < 1.29 is 19.1 Å². The van der Waals surface area contributed by atoms with Gasteiger partial charge in [-0.25, -0.2) is 0 Å². The summed E-state index contributed by atoms with van der Waals surface area (Å²) in [5.74, 6) is 0.621. The predicted octanol–water partition coefficient (Wildman–Crippen LogP) is 3.69. The number of hydrogen-bond acceptors (Lipinski definition) is 4. The van der Waals surface area contributed by atoms with Crippen LogP contribution in [0.25, 0.3) is 0 Å². The number of carbonyl (C=O) groups is 2. The minimum absolute atomic E-state index is 0.0481. The topological polar surface area (TPSA) is 64.6 Å². The Morgan fingerprint density at radius 3 is 2.54 bits per heavy atom. The van der Waals surface area contributed by atoms with Crippen LogP contribution in [0.2, 0.25) is 0 Å². The first-order valence-electron chi connectivity index (χ1n) is 9.11. The molecule has 1 N–H and O–H groups in total. The molecule has 0 saturated heterocycles. The fourth-order valence-corrected chi connectivity index (χ4v) is 3.75. The number of ether oxygens (including phenoxy) is 2. The van der Waals surface area contributed by atoms with E-state index < -0.39 is 0 Å². The SMILES string of the molecule is COc1ccc(C(C)(C)C)cc1NC(=O)COC(=O)C1CC2C=CC1C2. The van der Waals surface area contributed by atoms with Gasteiger partial charge in [0.15, 0.2) is 6.61 Å². The molecule has 1 saturated carbocycles. The minimum Gasteiger partial charge on any atom is -0.495 e. The summed E-state index contributed by atoms with van der Waals surface area (Å²) in [6.45, 7) is 6.03. The molecule has 0 aromatic heterocycles. The zero-order valence-corrected chi connectivity index (χ0v) is 15.9. The average molecular weight is 357 g/mol. The molecule has 26 heavy (non-hydrogen) atoms. The van der Waals surface area contributed by atoms with Crippen molar-refractivity contribution in [2.75, 3.05) is 19.0 Å². The molecule has 5 heteroatoms. The number of hydrogen-bond donors (Lipinski definition) is 1. The van der Waals surface area contributed by atoms with E-state index in [9.17, 15) is 9.59 Å². The molecule has 1 fully saturated rings. The highest BCUT2D eigenvalue weighted by molar-refractivity contribution is 5.94. The monoisotopic (exact) mass is 357 g/mol. The summed E-state index contributed by atoms with van der Waals surface area (Å²) in [6.07, 6.45) is 6.14. The van der Waals surface area contributed by atoms with E-state index in [1.807, 2.05) is 18.2 Å². The van der Waals surface area contributed by atoms with Crippen LogP contribution in [0.15, 0.2) is 30.4 Å². The van der Waals surface area contributed by atoms with Crippen LogP contribution in [-0.4, -0.2) is 25.6 Å². The van der Waals surface area contributed by atoms with Gasteiger partial charge >= 0.3 is 5.97 Å². The molecule has 0 radical (unpaired) electrons. The van der Waals surface area contributed by atoms with Gasteiger partial charge in [-0.15, -0.1) is 0 Å². The molecule has 0 aliphatic heterocycles. The molecular formula is C21H27NO4. The number of carbonyl (C=O) groups excluding carboxylic acids is 2. The highest BCUT2D eigenvalue weighted by atomic mass is 16.5. The van der Waals surface area contributed by atoms with E-state index in [1.54, 1.807) is 7.11 Å². The fourth-order valence-electron chi connectivity index (χ4n) is 3.75. The lowest BCUT2D eigenvalue weighted by molar-refractivity contribution is -0.152. The molecule has 3 unspecified atom stereocenters. The van der Waals surface area contributed by atoms with Gasteiger partial charge in [-0.1, -0.05) is 39.0 Å². The number of fused-ring (bicyclic) bond motifs is 2. The molecule has 3 atom stereocenters. The largest absolute Gasteiger partial charge is 0.495 e. The Hall–Kier alpha value is -2.30. The van der Waals surface area contributed by atoms with Crippen LogP contribution in [0.3, 0.4) is 0 Å². The Labute approximate surface area is 154 Å². The normalized spacial score (nSPS) is 23.8. The molecule has 0 heterocycles. The van der Waals surface area contributed by atoms with Crippen molar-refractivity contribution in [1.29, 1.82) is 0 Å². The van der Waals surface area contributed by atoms with Crippen molar-refractivity contribution in [3.63, 3.8) is 0 Å². The van der Waals surface area contributed by atoms with Gasteiger partial charge in [-0.2, -0.15) is 0 Å². The van der Waals surface area contributed by atoms with Crippen molar-refractivity contribution in [3.8, 4) is 5.75 Å². The lowest BCUT2D eigenvalue weighted by Crippen LogP contribution is -2.27. The van der Waals surface area contributed by atoms with E-state index in [4.69, 9.17) is 9.47 Å². The van der Waals surface area contributed by atoms with Crippen LogP contribution < -0.4 is 10.1 Å². The number of nitrogens with one attached hydrogen (secondary N) is 1. The smallest absolute Gasteiger partial charge is 0.310 e. The molecule has 2 aliphatic rings. The van der Waals surface area contributed by atoms with Crippen molar-refractivity contribution in [1.82, 2.24) is 0 Å². The van der Waals surface area contributed by atoms with Crippen LogP contribution in [0, 0.1) is 17.8 Å². The van der Waals surface area contributed by atoms with E-state index in [1.165, 1.54) is 0 Å². The minimum atomic E-state index is -0.360. The lowest BCUT2D eigenvalue weighted by atomic mass is 9.87. The van der Waals surface area contributed by atoms with Gasteiger partial charge in [0.2, 0.25) is 0 Å². The van der Waals surface area contributed by atoms with Gasteiger partial charge in [-0.3, -0.25) is 9.59 Å². The second-order valence-electron chi connectivity index (χ2n) is 8.21. The maximum absolute atomic E-state index is 12.3. The molecule has 1 aromatic rings. The van der Waals surface area contributed by atoms with Gasteiger partial charge < -0.3 is 14.8 Å². The molecule has 2 bridgehead atoms. The average Bonchev–Trinajstić information content (AvgIpc) is 3.22. The Morgan fingerprint density at radius 1 is 1.19 bits per heavy atom. The maximum Gasteiger partial charge on any atom is 0.310 e. The van der Waals surface area contributed by atoms with Crippen molar-refractivity contribution in [2.24, 2.45) is 17.8 Å². The summed E-state index contributed by atoms with van der Waals surface area (Å²) in [5.41, 5.74) is 1.62. The van der Waals surface area contributed by atoms with Gasteiger partial charge in [0.1, 0.15) is 5.75 Å². The van der Waals surface area contributed by atoms with Crippen LogP contribution >= 0.6 is 0 Å². The molecule has 1 amide bonds. The number of esters is 1.